The van der Waals surface area contributed by atoms with Gasteiger partial charge in [0, 0.05) is 37.8 Å². The molecule has 8 heteroatoms. The molecule has 6 nitrogen and oxygen atoms in total. The van der Waals surface area contributed by atoms with E-state index in [0.717, 1.165) is 35.8 Å². The van der Waals surface area contributed by atoms with E-state index in [1.807, 2.05) is 7.05 Å². The van der Waals surface area contributed by atoms with E-state index in [9.17, 15) is 4.79 Å². The first-order chi connectivity index (χ1) is 10.6. The molecule has 0 amide bonds. The number of ether oxygens (including phenoxy) is 1. The summed E-state index contributed by atoms with van der Waals surface area (Å²) in [5.41, 5.74) is 2.51. The Bertz CT molecular complexity index is 697. The highest BCUT2D eigenvalue weighted by atomic mass is 35.5. The van der Waals surface area contributed by atoms with Crippen molar-refractivity contribution in [2.45, 2.75) is 26.4 Å². The monoisotopic (exact) mass is 340 g/mol. The molecule has 0 saturated carbocycles. The third kappa shape index (κ3) is 3.02. The average Bonchev–Trinajstić information content (AvgIpc) is 3.03. The van der Waals surface area contributed by atoms with Crippen molar-refractivity contribution >= 4 is 28.9 Å². The maximum atomic E-state index is 12.1. The van der Waals surface area contributed by atoms with Crippen LogP contribution in [0, 0.1) is 0 Å². The van der Waals surface area contributed by atoms with Crippen LogP contribution in [0.2, 0.25) is 4.34 Å². The number of carbonyl (C=O) groups excluding carboxylic acids is 1. The van der Waals surface area contributed by atoms with E-state index in [4.69, 9.17) is 16.3 Å². The van der Waals surface area contributed by atoms with E-state index < -0.39 is 0 Å². The Kier molecular flexibility index (Phi) is 4.46. The van der Waals surface area contributed by atoms with Gasteiger partial charge in [-0.3, -0.25) is 9.58 Å². The zero-order chi connectivity index (χ0) is 15.7. The van der Waals surface area contributed by atoms with Crippen molar-refractivity contribution in [1.29, 1.82) is 0 Å². The first kappa shape index (κ1) is 15.5. The SMILES string of the molecule is CCOC(=O)c1nn(C)c2c1CN(Cc1ncc(Cl)s1)CC2. The van der Waals surface area contributed by atoms with Gasteiger partial charge in [-0.1, -0.05) is 11.6 Å². The van der Waals surface area contributed by atoms with E-state index in [1.165, 1.54) is 11.3 Å². The fourth-order valence-electron chi connectivity index (χ4n) is 2.70. The summed E-state index contributed by atoms with van der Waals surface area (Å²) in [6, 6.07) is 0. The van der Waals surface area contributed by atoms with Crippen LogP contribution in [0.5, 0.6) is 0 Å². The maximum Gasteiger partial charge on any atom is 0.359 e. The Labute approximate surface area is 137 Å². The Morgan fingerprint density at radius 2 is 2.36 bits per heavy atom. The molecule has 3 rings (SSSR count). The van der Waals surface area contributed by atoms with Crippen molar-refractivity contribution in [3.63, 3.8) is 0 Å². The molecule has 0 radical (unpaired) electrons. The first-order valence-electron chi connectivity index (χ1n) is 7.13. The van der Waals surface area contributed by atoms with Gasteiger partial charge in [0.25, 0.3) is 0 Å². The lowest BCUT2D eigenvalue weighted by Gasteiger charge is -2.26. The van der Waals surface area contributed by atoms with Gasteiger partial charge in [-0.05, 0) is 6.92 Å². The van der Waals surface area contributed by atoms with Crippen molar-refractivity contribution in [3.05, 3.63) is 32.5 Å². The predicted octanol–water partition coefficient (Wildman–Crippen LogP) is 2.27. The molecule has 0 saturated heterocycles. The van der Waals surface area contributed by atoms with Crippen LogP contribution in [-0.2, 0) is 31.3 Å². The fraction of sp³-hybridized carbons (Fsp3) is 0.500. The van der Waals surface area contributed by atoms with Crippen molar-refractivity contribution in [1.82, 2.24) is 19.7 Å². The minimum absolute atomic E-state index is 0.349. The van der Waals surface area contributed by atoms with Gasteiger partial charge in [0.2, 0.25) is 0 Å². The van der Waals surface area contributed by atoms with Gasteiger partial charge in [-0.2, -0.15) is 5.10 Å². The Morgan fingerprint density at radius 3 is 3.05 bits per heavy atom. The number of hydrogen-bond donors (Lipinski definition) is 0. The summed E-state index contributed by atoms with van der Waals surface area (Å²) in [5.74, 6) is -0.349. The molecule has 0 N–H and O–H groups in total. The first-order valence-corrected chi connectivity index (χ1v) is 8.32. The van der Waals surface area contributed by atoms with Gasteiger partial charge >= 0.3 is 5.97 Å². The van der Waals surface area contributed by atoms with Crippen molar-refractivity contribution in [2.75, 3.05) is 13.2 Å². The highest BCUT2D eigenvalue weighted by Crippen LogP contribution is 2.26. The van der Waals surface area contributed by atoms with Crippen LogP contribution in [0.25, 0.3) is 0 Å². The molecule has 2 aromatic rings. The Morgan fingerprint density at radius 1 is 1.55 bits per heavy atom. The number of esters is 1. The largest absolute Gasteiger partial charge is 0.461 e. The quantitative estimate of drug-likeness (QED) is 0.799. The topological polar surface area (TPSA) is 60.2 Å². The molecule has 118 valence electrons. The summed E-state index contributed by atoms with van der Waals surface area (Å²) in [4.78, 5) is 18.6. The van der Waals surface area contributed by atoms with Gasteiger partial charge in [0.05, 0.1) is 19.3 Å². The number of nitrogens with zero attached hydrogens (tertiary/aromatic N) is 4. The van der Waals surface area contributed by atoms with Crippen LogP contribution in [0.15, 0.2) is 6.20 Å². The highest BCUT2D eigenvalue weighted by molar-refractivity contribution is 7.15. The number of carbonyl (C=O) groups is 1. The van der Waals surface area contributed by atoms with Crippen LogP contribution >= 0.6 is 22.9 Å². The van der Waals surface area contributed by atoms with Gasteiger partial charge in [0.15, 0.2) is 5.69 Å². The molecule has 0 atom stereocenters. The number of aromatic nitrogens is 3. The lowest BCUT2D eigenvalue weighted by atomic mass is 10.1. The second-order valence-corrected chi connectivity index (χ2v) is 6.88. The number of thiazole rings is 1. The van der Waals surface area contributed by atoms with E-state index in [-0.39, 0.29) is 5.97 Å². The summed E-state index contributed by atoms with van der Waals surface area (Å²) in [6.07, 6.45) is 2.53. The Balaban J connectivity index is 1.80. The van der Waals surface area contributed by atoms with Crippen molar-refractivity contribution < 1.29 is 9.53 Å². The van der Waals surface area contributed by atoms with Gasteiger partial charge < -0.3 is 4.74 Å². The summed E-state index contributed by atoms with van der Waals surface area (Å²) < 4.78 is 7.59. The van der Waals surface area contributed by atoms with Crippen molar-refractivity contribution in [2.24, 2.45) is 7.05 Å². The molecule has 0 spiro atoms. The molecule has 0 unspecified atom stereocenters. The lowest BCUT2D eigenvalue weighted by molar-refractivity contribution is 0.0516. The van der Waals surface area contributed by atoms with Crippen LogP contribution in [0.3, 0.4) is 0 Å². The summed E-state index contributed by atoms with van der Waals surface area (Å²) >= 11 is 7.41. The highest BCUT2D eigenvalue weighted by Gasteiger charge is 2.28. The molecule has 0 fully saturated rings. The molecule has 0 aromatic carbocycles. The van der Waals surface area contributed by atoms with E-state index in [1.54, 1.807) is 17.8 Å². The van der Waals surface area contributed by atoms with Crippen LogP contribution in [0.1, 0.15) is 33.7 Å². The zero-order valence-corrected chi connectivity index (χ0v) is 14.1. The van der Waals surface area contributed by atoms with Crippen LogP contribution < -0.4 is 0 Å². The van der Waals surface area contributed by atoms with Gasteiger partial charge in [-0.25, -0.2) is 9.78 Å². The maximum absolute atomic E-state index is 12.1. The summed E-state index contributed by atoms with van der Waals surface area (Å²) in [5, 5.41) is 5.32. The van der Waals surface area contributed by atoms with Crippen molar-refractivity contribution in [3.8, 4) is 0 Å². The molecule has 2 aromatic heterocycles. The number of fused-ring (bicyclic) bond motifs is 1. The molecule has 22 heavy (non-hydrogen) atoms. The number of aryl methyl sites for hydroxylation is 1. The fourth-order valence-corrected chi connectivity index (χ4v) is 3.70. The molecule has 1 aliphatic rings. The Hall–Kier alpha value is -1.44. The van der Waals surface area contributed by atoms with E-state index in [0.29, 0.717) is 23.2 Å². The standard InChI is InChI=1S/C14H17ClN4O2S/c1-3-21-14(20)13-9-7-19(5-4-10(9)18(2)17-13)8-12-16-6-11(15)22-12/h6H,3-5,7-8H2,1-2H3. The molecular formula is C14H17ClN4O2S. The predicted molar refractivity (Wildman–Crippen MR) is 84.1 cm³/mol. The summed E-state index contributed by atoms with van der Waals surface area (Å²) in [7, 11) is 1.87. The minimum atomic E-state index is -0.349. The third-order valence-corrected chi connectivity index (χ3v) is 4.77. The molecule has 0 bridgehead atoms. The zero-order valence-electron chi connectivity index (χ0n) is 12.5. The number of hydrogen-bond acceptors (Lipinski definition) is 6. The van der Waals surface area contributed by atoms with Gasteiger partial charge in [0.1, 0.15) is 9.34 Å². The van der Waals surface area contributed by atoms with E-state index >= 15 is 0 Å². The molecule has 1 aliphatic heterocycles. The smallest absolute Gasteiger partial charge is 0.359 e. The molecular weight excluding hydrogens is 324 g/mol. The minimum Gasteiger partial charge on any atom is -0.461 e. The molecule has 0 aliphatic carbocycles. The lowest BCUT2D eigenvalue weighted by Crippen LogP contribution is -2.31. The summed E-state index contributed by atoms with van der Waals surface area (Å²) in [6.45, 7) is 4.46. The second kappa shape index (κ2) is 6.36. The average molecular weight is 341 g/mol. The van der Waals surface area contributed by atoms with Crippen LogP contribution in [0.4, 0.5) is 0 Å². The van der Waals surface area contributed by atoms with E-state index in [2.05, 4.69) is 15.0 Å². The number of halogens is 1. The normalized spacial score (nSPS) is 14.9. The third-order valence-electron chi connectivity index (χ3n) is 3.67. The molecule has 3 heterocycles. The number of rotatable bonds is 4. The second-order valence-electron chi connectivity index (χ2n) is 5.14. The van der Waals surface area contributed by atoms with Crippen LogP contribution in [-0.4, -0.2) is 38.8 Å². The van der Waals surface area contributed by atoms with Gasteiger partial charge in [-0.15, -0.1) is 11.3 Å².